The molecule has 0 saturated heterocycles. The summed E-state index contributed by atoms with van der Waals surface area (Å²) >= 11 is 0. The minimum Gasteiger partial charge on any atom is -0.346 e. The highest BCUT2D eigenvalue weighted by Crippen LogP contribution is 2.16. The highest BCUT2D eigenvalue weighted by molar-refractivity contribution is 7.83. The molecular weight excluding hydrogens is 284 g/mol. The van der Waals surface area contributed by atoms with Crippen LogP contribution in [0.4, 0.5) is 0 Å². The molecule has 0 bridgehead atoms. The Morgan fingerprint density at radius 1 is 1.43 bits per heavy atom. The van der Waals surface area contributed by atoms with Crippen LogP contribution in [0.2, 0.25) is 0 Å². The van der Waals surface area contributed by atoms with Gasteiger partial charge in [-0.25, -0.2) is 0 Å². The van der Waals surface area contributed by atoms with Gasteiger partial charge in [-0.15, -0.1) is 0 Å². The number of hydrogen-bond donors (Lipinski definition) is 2. The summed E-state index contributed by atoms with van der Waals surface area (Å²) in [7, 11) is -0.918. The fourth-order valence-corrected chi connectivity index (χ4v) is 3.12. The van der Waals surface area contributed by atoms with E-state index in [9.17, 15) is 9.00 Å². The SMILES string of the molecule is CC(C)CC(C)(CN)NC(=O)c1cccc(CS(C)=O)c1. The van der Waals surface area contributed by atoms with E-state index in [0.717, 1.165) is 12.0 Å². The summed E-state index contributed by atoms with van der Waals surface area (Å²) < 4.78 is 11.3. The van der Waals surface area contributed by atoms with Crippen molar-refractivity contribution >= 4 is 16.7 Å². The van der Waals surface area contributed by atoms with Gasteiger partial charge in [0.05, 0.1) is 0 Å². The summed E-state index contributed by atoms with van der Waals surface area (Å²) in [5, 5.41) is 3.03. The van der Waals surface area contributed by atoms with E-state index in [1.165, 1.54) is 0 Å². The van der Waals surface area contributed by atoms with E-state index in [1.54, 1.807) is 18.4 Å². The van der Waals surface area contributed by atoms with Gasteiger partial charge >= 0.3 is 0 Å². The molecule has 21 heavy (non-hydrogen) atoms. The van der Waals surface area contributed by atoms with Gasteiger partial charge in [-0.05, 0) is 37.0 Å². The summed E-state index contributed by atoms with van der Waals surface area (Å²) in [6.45, 7) is 6.58. The van der Waals surface area contributed by atoms with Gasteiger partial charge in [0.15, 0.2) is 0 Å². The van der Waals surface area contributed by atoms with Crippen molar-refractivity contribution in [3.8, 4) is 0 Å². The average Bonchev–Trinajstić information content (AvgIpc) is 2.37. The second-order valence-corrected chi connectivity index (χ2v) is 7.67. The minimum absolute atomic E-state index is 0.132. The molecular formula is C16H26N2O2S. The lowest BCUT2D eigenvalue weighted by Gasteiger charge is -2.31. The van der Waals surface area contributed by atoms with Crippen LogP contribution in [0.15, 0.2) is 24.3 Å². The van der Waals surface area contributed by atoms with E-state index < -0.39 is 16.3 Å². The number of hydrogen-bond acceptors (Lipinski definition) is 3. The standard InChI is InChI=1S/C16H26N2O2S/c1-12(2)9-16(3,11-17)18-15(19)14-7-5-6-13(8-14)10-21(4)20/h5-8,12H,9-11,17H2,1-4H3,(H,18,19). The smallest absolute Gasteiger partial charge is 0.251 e. The Morgan fingerprint density at radius 2 is 2.10 bits per heavy atom. The lowest BCUT2D eigenvalue weighted by atomic mass is 9.90. The van der Waals surface area contributed by atoms with Crippen LogP contribution < -0.4 is 11.1 Å². The molecule has 0 aliphatic carbocycles. The zero-order valence-corrected chi connectivity index (χ0v) is 14.1. The number of rotatable bonds is 7. The van der Waals surface area contributed by atoms with Gasteiger partial charge in [0.25, 0.3) is 5.91 Å². The molecule has 1 aromatic carbocycles. The lowest BCUT2D eigenvalue weighted by Crippen LogP contribution is -2.52. The zero-order valence-electron chi connectivity index (χ0n) is 13.3. The molecule has 0 fully saturated rings. The predicted molar refractivity (Wildman–Crippen MR) is 88.6 cm³/mol. The molecule has 2 atom stereocenters. The topological polar surface area (TPSA) is 72.2 Å². The zero-order chi connectivity index (χ0) is 16.0. The summed E-state index contributed by atoms with van der Waals surface area (Å²) in [5.74, 6) is 0.779. The predicted octanol–water partition coefficient (Wildman–Crippen LogP) is 2.06. The molecule has 0 aliphatic rings. The van der Waals surface area contributed by atoms with E-state index in [4.69, 9.17) is 5.73 Å². The molecule has 0 heterocycles. The molecule has 0 aliphatic heterocycles. The molecule has 5 heteroatoms. The summed E-state index contributed by atoms with van der Waals surface area (Å²) in [5.41, 5.74) is 6.90. The first-order valence-corrected chi connectivity index (χ1v) is 8.90. The lowest BCUT2D eigenvalue weighted by molar-refractivity contribution is 0.0898. The first kappa shape index (κ1) is 17.9. The molecule has 1 rings (SSSR count). The molecule has 4 nitrogen and oxygen atoms in total. The third-order valence-corrected chi connectivity index (χ3v) is 4.02. The van der Waals surface area contributed by atoms with Crippen molar-refractivity contribution in [1.82, 2.24) is 5.32 Å². The molecule has 0 radical (unpaired) electrons. The Labute approximate surface area is 130 Å². The highest BCUT2D eigenvalue weighted by atomic mass is 32.2. The number of carbonyl (C=O) groups is 1. The Morgan fingerprint density at radius 3 is 2.62 bits per heavy atom. The van der Waals surface area contributed by atoms with Crippen LogP contribution in [-0.4, -0.2) is 28.5 Å². The van der Waals surface area contributed by atoms with Crippen LogP contribution in [0.25, 0.3) is 0 Å². The van der Waals surface area contributed by atoms with E-state index in [-0.39, 0.29) is 5.91 Å². The minimum atomic E-state index is -0.918. The largest absolute Gasteiger partial charge is 0.346 e. The molecule has 1 amide bonds. The first-order valence-electron chi connectivity index (χ1n) is 7.17. The number of amides is 1. The summed E-state index contributed by atoms with van der Waals surface area (Å²) in [6, 6.07) is 7.26. The van der Waals surface area contributed by atoms with Crippen LogP contribution in [-0.2, 0) is 16.6 Å². The highest BCUT2D eigenvalue weighted by Gasteiger charge is 2.26. The molecule has 1 aromatic rings. The van der Waals surface area contributed by atoms with Gasteiger partial charge in [0.1, 0.15) is 0 Å². The van der Waals surface area contributed by atoms with Gasteiger partial charge in [0.2, 0.25) is 0 Å². The molecule has 0 spiro atoms. The maximum absolute atomic E-state index is 12.4. The van der Waals surface area contributed by atoms with Crippen molar-refractivity contribution in [2.24, 2.45) is 11.7 Å². The molecule has 2 unspecified atom stereocenters. The fraction of sp³-hybridized carbons (Fsp3) is 0.562. The quantitative estimate of drug-likeness (QED) is 0.809. The number of nitrogens with one attached hydrogen (secondary N) is 1. The van der Waals surface area contributed by atoms with E-state index >= 15 is 0 Å². The Balaban J connectivity index is 2.85. The second kappa shape index (κ2) is 7.71. The van der Waals surface area contributed by atoms with Crippen molar-refractivity contribution in [2.45, 2.75) is 38.5 Å². The monoisotopic (exact) mass is 310 g/mol. The molecule has 118 valence electrons. The first-order chi connectivity index (χ1) is 9.75. The van der Waals surface area contributed by atoms with Crippen molar-refractivity contribution in [1.29, 1.82) is 0 Å². The number of nitrogens with two attached hydrogens (primary N) is 1. The van der Waals surface area contributed by atoms with Crippen molar-refractivity contribution < 1.29 is 9.00 Å². The molecule has 3 N–H and O–H groups in total. The molecule has 0 saturated carbocycles. The van der Waals surface area contributed by atoms with Gasteiger partial charge < -0.3 is 11.1 Å². The number of carbonyl (C=O) groups excluding carboxylic acids is 1. The van der Waals surface area contributed by atoms with Crippen LogP contribution in [0.5, 0.6) is 0 Å². The van der Waals surface area contributed by atoms with Gasteiger partial charge in [-0.2, -0.15) is 0 Å². The summed E-state index contributed by atoms with van der Waals surface area (Å²) in [4.78, 5) is 12.4. The van der Waals surface area contributed by atoms with E-state index in [2.05, 4.69) is 19.2 Å². The Bertz CT molecular complexity index is 517. The maximum atomic E-state index is 12.4. The van der Waals surface area contributed by atoms with Crippen LogP contribution in [0.1, 0.15) is 43.1 Å². The van der Waals surface area contributed by atoms with Crippen molar-refractivity contribution in [3.63, 3.8) is 0 Å². The van der Waals surface area contributed by atoms with Crippen molar-refractivity contribution in [2.75, 3.05) is 12.8 Å². The summed E-state index contributed by atoms with van der Waals surface area (Å²) in [6.07, 6.45) is 2.48. The van der Waals surface area contributed by atoms with Crippen LogP contribution in [0.3, 0.4) is 0 Å². The third-order valence-electron chi connectivity index (χ3n) is 3.28. The van der Waals surface area contributed by atoms with E-state index in [0.29, 0.717) is 23.8 Å². The Kier molecular flexibility index (Phi) is 6.55. The Hall–Kier alpha value is -1.20. The van der Waals surface area contributed by atoms with Crippen LogP contribution >= 0.6 is 0 Å². The third kappa shape index (κ3) is 5.98. The van der Waals surface area contributed by atoms with Gasteiger partial charge in [0, 0.05) is 40.5 Å². The molecule has 0 aromatic heterocycles. The van der Waals surface area contributed by atoms with Gasteiger partial charge in [-0.1, -0.05) is 26.0 Å². The maximum Gasteiger partial charge on any atom is 0.251 e. The fourth-order valence-electron chi connectivity index (χ4n) is 2.47. The normalized spacial score (nSPS) is 15.5. The second-order valence-electron chi connectivity index (χ2n) is 6.23. The van der Waals surface area contributed by atoms with E-state index in [1.807, 2.05) is 19.1 Å². The van der Waals surface area contributed by atoms with Crippen LogP contribution in [0, 0.1) is 5.92 Å². The van der Waals surface area contributed by atoms with Crippen molar-refractivity contribution in [3.05, 3.63) is 35.4 Å². The average molecular weight is 310 g/mol. The number of benzene rings is 1. The van der Waals surface area contributed by atoms with Gasteiger partial charge in [-0.3, -0.25) is 9.00 Å².